The fourth-order valence-electron chi connectivity index (χ4n) is 1.62. The fourth-order valence-corrected chi connectivity index (χ4v) is 2.11. The standard InChI is InChI=1S/C13H22N2OS/c1-16-12-8-7-10-15-13(12)14-9-5-3-4-6-11-17-2/h7-8,10H,3-6,9,11H2,1-2H3,(H,14,15). The SMILES string of the molecule is COc1cccnc1NCCCCCCSC. The molecule has 0 fully saturated rings. The number of thioether (sulfide) groups is 1. The number of unbranched alkanes of at least 4 members (excludes halogenated alkanes) is 3. The molecule has 1 aromatic rings. The van der Waals surface area contributed by atoms with Crippen LogP contribution in [0.1, 0.15) is 25.7 Å². The number of aromatic nitrogens is 1. The number of nitrogens with zero attached hydrogens (tertiary/aromatic N) is 1. The van der Waals surface area contributed by atoms with Crippen molar-refractivity contribution in [2.75, 3.05) is 31.0 Å². The van der Waals surface area contributed by atoms with Crippen LogP contribution < -0.4 is 10.1 Å². The minimum absolute atomic E-state index is 0.815. The first-order valence-electron chi connectivity index (χ1n) is 6.10. The Hall–Kier alpha value is -0.900. The number of ether oxygens (including phenoxy) is 1. The Morgan fingerprint density at radius 3 is 2.88 bits per heavy atom. The van der Waals surface area contributed by atoms with Crippen molar-refractivity contribution in [3.8, 4) is 5.75 Å². The van der Waals surface area contributed by atoms with Gasteiger partial charge in [0.2, 0.25) is 0 Å². The molecule has 0 saturated heterocycles. The van der Waals surface area contributed by atoms with Crippen LogP contribution in [0.3, 0.4) is 0 Å². The highest BCUT2D eigenvalue weighted by Gasteiger charge is 2.01. The first kappa shape index (κ1) is 14.2. The molecular weight excluding hydrogens is 232 g/mol. The third kappa shape index (κ3) is 5.82. The van der Waals surface area contributed by atoms with E-state index in [0.29, 0.717) is 0 Å². The molecule has 96 valence electrons. The van der Waals surface area contributed by atoms with E-state index in [4.69, 9.17) is 4.74 Å². The molecule has 4 heteroatoms. The van der Waals surface area contributed by atoms with Crippen molar-refractivity contribution in [1.82, 2.24) is 4.98 Å². The molecule has 0 saturated carbocycles. The quantitative estimate of drug-likeness (QED) is 0.685. The van der Waals surface area contributed by atoms with E-state index in [2.05, 4.69) is 16.6 Å². The molecule has 1 N–H and O–H groups in total. The lowest BCUT2D eigenvalue weighted by molar-refractivity contribution is 0.414. The fraction of sp³-hybridized carbons (Fsp3) is 0.615. The second-order valence-electron chi connectivity index (χ2n) is 3.89. The van der Waals surface area contributed by atoms with Gasteiger partial charge in [-0.1, -0.05) is 12.8 Å². The molecule has 0 unspecified atom stereocenters. The lowest BCUT2D eigenvalue weighted by Gasteiger charge is -2.09. The predicted molar refractivity (Wildman–Crippen MR) is 76.1 cm³/mol. The normalized spacial score (nSPS) is 10.2. The van der Waals surface area contributed by atoms with Crippen LogP contribution in [0.2, 0.25) is 0 Å². The molecule has 0 amide bonds. The van der Waals surface area contributed by atoms with E-state index in [1.165, 1.54) is 31.4 Å². The summed E-state index contributed by atoms with van der Waals surface area (Å²) in [6.07, 6.45) is 9.06. The molecule has 0 radical (unpaired) electrons. The van der Waals surface area contributed by atoms with Crippen LogP contribution in [0.4, 0.5) is 5.82 Å². The van der Waals surface area contributed by atoms with Crippen molar-refractivity contribution in [2.24, 2.45) is 0 Å². The summed E-state index contributed by atoms with van der Waals surface area (Å²) >= 11 is 1.93. The number of anilines is 1. The highest BCUT2D eigenvalue weighted by atomic mass is 32.2. The number of hydrogen-bond acceptors (Lipinski definition) is 4. The highest BCUT2D eigenvalue weighted by Crippen LogP contribution is 2.19. The molecule has 3 nitrogen and oxygen atoms in total. The van der Waals surface area contributed by atoms with Crippen LogP contribution in [0.15, 0.2) is 18.3 Å². The molecule has 1 heterocycles. The van der Waals surface area contributed by atoms with Gasteiger partial charge >= 0.3 is 0 Å². The number of hydrogen-bond donors (Lipinski definition) is 1. The van der Waals surface area contributed by atoms with Gasteiger partial charge in [0, 0.05) is 12.7 Å². The molecule has 0 aliphatic heterocycles. The average molecular weight is 254 g/mol. The molecule has 1 rings (SSSR count). The van der Waals surface area contributed by atoms with E-state index < -0.39 is 0 Å². The maximum absolute atomic E-state index is 5.23. The van der Waals surface area contributed by atoms with Crippen LogP contribution >= 0.6 is 11.8 Å². The minimum Gasteiger partial charge on any atom is -0.493 e. The van der Waals surface area contributed by atoms with Crippen molar-refractivity contribution < 1.29 is 4.74 Å². The summed E-state index contributed by atoms with van der Waals surface area (Å²) in [5.74, 6) is 2.94. The van der Waals surface area contributed by atoms with Gasteiger partial charge in [0.1, 0.15) is 0 Å². The van der Waals surface area contributed by atoms with Gasteiger partial charge in [-0.3, -0.25) is 0 Å². The summed E-state index contributed by atoms with van der Waals surface area (Å²) in [6, 6.07) is 3.81. The number of methoxy groups -OCH3 is 1. The van der Waals surface area contributed by atoms with Crippen LogP contribution in [-0.4, -0.2) is 30.6 Å². The van der Waals surface area contributed by atoms with E-state index in [1.54, 1.807) is 13.3 Å². The van der Waals surface area contributed by atoms with E-state index in [0.717, 1.165) is 18.1 Å². The van der Waals surface area contributed by atoms with E-state index in [1.807, 2.05) is 23.9 Å². The second kappa shape index (κ2) is 9.16. The maximum atomic E-state index is 5.23. The zero-order valence-corrected chi connectivity index (χ0v) is 11.6. The van der Waals surface area contributed by atoms with E-state index >= 15 is 0 Å². The Bertz CT molecular complexity index is 307. The van der Waals surface area contributed by atoms with Gasteiger partial charge in [-0.15, -0.1) is 0 Å². The first-order valence-corrected chi connectivity index (χ1v) is 7.49. The van der Waals surface area contributed by atoms with Crippen molar-refractivity contribution in [2.45, 2.75) is 25.7 Å². The van der Waals surface area contributed by atoms with Gasteiger partial charge in [0.15, 0.2) is 11.6 Å². The number of rotatable bonds is 9. The predicted octanol–water partition coefficient (Wildman–Crippen LogP) is 3.43. The molecule has 1 aromatic heterocycles. The molecule has 0 atom stereocenters. The maximum Gasteiger partial charge on any atom is 0.168 e. The molecule has 0 aliphatic rings. The van der Waals surface area contributed by atoms with Gasteiger partial charge < -0.3 is 10.1 Å². The van der Waals surface area contributed by atoms with Crippen LogP contribution in [0.25, 0.3) is 0 Å². The molecule has 0 aromatic carbocycles. The Morgan fingerprint density at radius 1 is 1.29 bits per heavy atom. The van der Waals surface area contributed by atoms with Gasteiger partial charge in [0.05, 0.1) is 7.11 Å². The number of pyridine rings is 1. The Kier molecular flexibility index (Phi) is 7.63. The Labute approximate surface area is 108 Å². The van der Waals surface area contributed by atoms with Gasteiger partial charge in [-0.2, -0.15) is 11.8 Å². The average Bonchev–Trinajstić information content (AvgIpc) is 2.38. The smallest absolute Gasteiger partial charge is 0.168 e. The number of nitrogens with one attached hydrogen (secondary N) is 1. The van der Waals surface area contributed by atoms with Crippen LogP contribution in [0.5, 0.6) is 5.75 Å². The van der Waals surface area contributed by atoms with E-state index in [9.17, 15) is 0 Å². The summed E-state index contributed by atoms with van der Waals surface area (Å²) in [6.45, 7) is 0.965. The van der Waals surface area contributed by atoms with Crippen molar-refractivity contribution in [1.29, 1.82) is 0 Å². The van der Waals surface area contributed by atoms with Gasteiger partial charge in [0.25, 0.3) is 0 Å². The highest BCUT2D eigenvalue weighted by molar-refractivity contribution is 7.98. The van der Waals surface area contributed by atoms with Crippen molar-refractivity contribution >= 4 is 17.6 Å². The molecule has 0 aliphatic carbocycles. The zero-order valence-electron chi connectivity index (χ0n) is 10.7. The van der Waals surface area contributed by atoms with Crippen LogP contribution in [-0.2, 0) is 0 Å². The Morgan fingerprint density at radius 2 is 2.12 bits per heavy atom. The van der Waals surface area contributed by atoms with E-state index in [-0.39, 0.29) is 0 Å². The third-order valence-corrected chi connectivity index (χ3v) is 3.26. The summed E-state index contributed by atoms with van der Waals surface area (Å²) in [5.41, 5.74) is 0. The summed E-state index contributed by atoms with van der Waals surface area (Å²) in [4.78, 5) is 4.26. The van der Waals surface area contributed by atoms with Crippen molar-refractivity contribution in [3.05, 3.63) is 18.3 Å². The second-order valence-corrected chi connectivity index (χ2v) is 4.87. The Balaban J connectivity index is 2.13. The molecule has 0 spiro atoms. The lowest BCUT2D eigenvalue weighted by Crippen LogP contribution is -2.04. The minimum atomic E-state index is 0.815. The van der Waals surface area contributed by atoms with Crippen LogP contribution in [0, 0.1) is 0 Å². The summed E-state index contributed by atoms with van der Waals surface area (Å²) in [5, 5.41) is 3.31. The summed E-state index contributed by atoms with van der Waals surface area (Å²) in [7, 11) is 1.67. The molecular formula is C13H22N2OS. The monoisotopic (exact) mass is 254 g/mol. The van der Waals surface area contributed by atoms with Gasteiger partial charge in [-0.05, 0) is 37.0 Å². The largest absolute Gasteiger partial charge is 0.493 e. The zero-order chi connectivity index (χ0) is 12.3. The lowest BCUT2D eigenvalue weighted by atomic mass is 10.2. The molecule has 17 heavy (non-hydrogen) atoms. The third-order valence-electron chi connectivity index (χ3n) is 2.56. The topological polar surface area (TPSA) is 34.1 Å². The molecule has 0 bridgehead atoms. The first-order chi connectivity index (χ1) is 8.38. The van der Waals surface area contributed by atoms with Crippen molar-refractivity contribution in [3.63, 3.8) is 0 Å². The van der Waals surface area contributed by atoms with Gasteiger partial charge in [-0.25, -0.2) is 4.98 Å². The summed E-state index contributed by atoms with van der Waals surface area (Å²) < 4.78 is 5.23.